The summed E-state index contributed by atoms with van der Waals surface area (Å²) in [6.07, 6.45) is 3.68. The van der Waals surface area contributed by atoms with Crippen molar-refractivity contribution in [3.8, 4) is 5.75 Å². The fourth-order valence-corrected chi connectivity index (χ4v) is 2.15. The van der Waals surface area contributed by atoms with Gasteiger partial charge in [0.15, 0.2) is 0 Å². The molecule has 1 aromatic rings. The molecule has 0 aliphatic carbocycles. The number of hydrogen-bond acceptors (Lipinski definition) is 3. The van der Waals surface area contributed by atoms with Gasteiger partial charge in [-0.25, -0.2) is 4.39 Å². The van der Waals surface area contributed by atoms with Gasteiger partial charge in [-0.3, -0.25) is 0 Å². The van der Waals surface area contributed by atoms with Crippen molar-refractivity contribution < 1.29 is 9.13 Å². The molecule has 0 amide bonds. The van der Waals surface area contributed by atoms with Crippen LogP contribution in [-0.4, -0.2) is 26.2 Å². The number of nitrogens with one attached hydrogen (secondary N) is 2. The van der Waals surface area contributed by atoms with Crippen molar-refractivity contribution >= 4 is 5.69 Å². The van der Waals surface area contributed by atoms with Gasteiger partial charge in [-0.05, 0) is 31.5 Å². The Labute approximate surface area is 101 Å². The Bertz CT molecular complexity index is 364. The van der Waals surface area contributed by atoms with E-state index in [1.807, 2.05) is 0 Å². The summed E-state index contributed by atoms with van der Waals surface area (Å²) in [7, 11) is 1.59. The number of methoxy groups -OCH3 is 1. The van der Waals surface area contributed by atoms with Crippen LogP contribution in [0.3, 0.4) is 0 Å². The highest BCUT2D eigenvalue weighted by Crippen LogP contribution is 2.25. The number of ether oxygens (including phenoxy) is 1. The molecular formula is C13H19FN2O. The second-order valence-electron chi connectivity index (χ2n) is 4.37. The molecule has 2 N–H and O–H groups in total. The van der Waals surface area contributed by atoms with Crippen LogP contribution in [-0.2, 0) is 0 Å². The van der Waals surface area contributed by atoms with Gasteiger partial charge in [-0.2, -0.15) is 0 Å². The van der Waals surface area contributed by atoms with Crippen LogP contribution >= 0.6 is 0 Å². The number of rotatable bonds is 4. The minimum atomic E-state index is -0.245. The number of anilines is 1. The Kier molecular flexibility index (Phi) is 4.20. The Morgan fingerprint density at radius 1 is 1.47 bits per heavy atom. The van der Waals surface area contributed by atoms with E-state index in [1.165, 1.54) is 31.4 Å². The van der Waals surface area contributed by atoms with E-state index in [4.69, 9.17) is 4.74 Å². The first-order valence-electron chi connectivity index (χ1n) is 6.10. The summed E-state index contributed by atoms with van der Waals surface area (Å²) in [6, 6.07) is 4.99. The molecular weight excluding hydrogens is 219 g/mol. The Balaban J connectivity index is 1.95. The zero-order valence-electron chi connectivity index (χ0n) is 10.1. The van der Waals surface area contributed by atoms with Gasteiger partial charge >= 0.3 is 0 Å². The molecule has 1 aliphatic heterocycles. The number of halogens is 1. The molecule has 1 aliphatic rings. The molecule has 17 heavy (non-hydrogen) atoms. The van der Waals surface area contributed by atoms with Gasteiger partial charge in [0.1, 0.15) is 11.6 Å². The van der Waals surface area contributed by atoms with E-state index in [2.05, 4.69) is 10.6 Å². The zero-order chi connectivity index (χ0) is 12.1. The maximum absolute atomic E-state index is 13.1. The van der Waals surface area contributed by atoms with E-state index >= 15 is 0 Å². The molecule has 0 radical (unpaired) electrons. The van der Waals surface area contributed by atoms with Crippen molar-refractivity contribution in [1.29, 1.82) is 0 Å². The summed E-state index contributed by atoms with van der Waals surface area (Å²) in [5.41, 5.74) is 0.722. The average molecular weight is 238 g/mol. The van der Waals surface area contributed by atoms with Gasteiger partial charge in [0.2, 0.25) is 0 Å². The highest BCUT2D eigenvalue weighted by atomic mass is 19.1. The summed E-state index contributed by atoms with van der Waals surface area (Å²) < 4.78 is 18.3. The predicted octanol–water partition coefficient (Wildman–Crippen LogP) is 2.39. The van der Waals surface area contributed by atoms with Crippen LogP contribution in [0.4, 0.5) is 10.1 Å². The van der Waals surface area contributed by atoms with E-state index in [0.717, 1.165) is 18.8 Å². The van der Waals surface area contributed by atoms with Crippen LogP contribution in [0.15, 0.2) is 18.2 Å². The van der Waals surface area contributed by atoms with E-state index in [9.17, 15) is 4.39 Å². The quantitative estimate of drug-likeness (QED) is 0.845. The van der Waals surface area contributed by atoms with E-state index in [1.54, 1.807) is 13.2 Å². The first kappa shape index (κ1) is 12.2. The molecule has 1 atom stereocenters. The van der Waals surface area contributed by atoms with Gasteiger partial charge in [0.05, 0.1) is 12.8 Å². The third-order valence-corrected chi connectivity index (χ3v) is 3.11. The predicted molar refractivity (Wildman–Crippen MR) is 67.1 cm³/mol. The first-order chi connectivity index (χ1) is 8.29. The van der Waals surface area contributed by atoms with Crippen molar-refractivity contribution in [2.24, 2.45) is 0 Å². The van der Waals surface area contributed by atoms with Crippen molar-refractivity contribution in [3.63, 3.8) is 0 Å². The number of benzene rings is 1. The van der Waals surface area contributed by atoms with Crippen molar-refractivity contribution in [1.82, 2.24) is 5.32 Å². The first-order valence-corrected chi connectivity index (χ1v) is 6.10. The lowest BCUT2D eigenvalue weighted by atomic mass is 10.1. The normalized spacial score (nSPS) is 20.0. The molecule has 1 unspecified atom stereocenters. The van der Waals surface area contributed by atoms with E-state index < -0.39 is 0 Å². The summed E-state index contributed by atoms with van der Waals surface area (Å²) in [5.74, 6) is 0.437. The Hall–Kier alpha value is -1.29. The molecule has 4 heteroatoms. The van der Waals surface area contributed by atoms with Gasteiger partial charge in [-0.1, -0.05) is 6.42 Å². The van der Waals surface area contributed by atoms with Gasteiger partial charge in [0, 0.05) is 18.7 Å². The highest BCUT2D eigenvalue weighted by molar-refractivity contribution is 5.56. The Morgan fingerprint density at radius 3 is 3.06 bits per heavy atom. The standard InChI is InChI=1S/C13H19FN2O/c1-17-13-6-5-10(14)8-12(13)16-9-11-4-2-3-7-15-11/h5-6,8,11,15-16H,2-4,7,9H2,1H3. The highest BCUT2D eigenvalue weighted by Gasteiger charge is 2.13. The molecule has 0 spiro atoms. The van der Waals surface area contributed by atoms with Crippen LogP contribution in [0, 0.1) is 5.82 Å². The lowest BCUT2D eigenvalue weighted by Gasteiger charge is -2.24. The molecule has 1 saturated heterocycles. The van der Waals surface area contributed by atoms with Crippen molar-refractivity contribution in [2.45, 2.75) is 25.3 Å². The van der Waals surface area contributed by atoms with Crippen LogP contribution in [0.2, 0.25) is 0 Å². The second kappa shape index (κ2) is 5.87. The summed E-state index contributed by atoms with van der Waals surface area (Å²) in [6.45, 7) is 1.88. The SMILES string of the molecule is COc1ccc(F)cc1NCC1CCCCN1. The minimum Gasteiger partial charge on any atom is -0.495 e. The minimum absolute atomic E-state index is 0.245. The van der Waals surface area contributed by atoms with Crippen molar-refractivity contribution in [3.05, 3.63) is 24.0 Å². The number of piperidine rings is 1. The van der Waals surface area contributed by atoms with Gasteiger partial charge < -0.3 is 15.4 Å². The molecule has 94 valence electrons. The smallest absolute Gasteiger partial charge is 0.142 e. The Morgan fingerprint density at radius 2 is 2.35 bits per heavy atom. The molecule has 1 fully saturated rings. The molecule has 0 saturated carbocycles. The second-order valence-corrected chi connectivity index (χ2v) is 4.37. The summed E-state index contributed by atoms with van der Waals surface area (Å²) in [5, 5.41) is 6.69. The molecule has 0 aromatic heterocycles. The summed E-state index contributed by atoms with van der Waals surface area (Å²) in [4.78, 5) is 0. The maximum Gasteiger partial charge on any atom is 0.142 e. The average Bonchev–Trinajstić information content (AvgIpc) is 2.38. The summed E-state index contributed by atoms with van der Waals surface area (Å²) >= 11 is 0. The topological polar surface area (TPSA) is 33.3 Å². The van der Waals surface area contributed by atoms with Crippen LogP contribution in [0.1, 0.15) is 19.3 Å². The van der Waals surface area contributed by atoms with Crippen LogP contribution in [0.5, 0.6) is 5.75 Å². The monoisotopic (exact) mass is 238 g/mol. The molecule has 3 nitrogen and oxygen atoms in total. The van der Waals surface area contributed by atoms with E-state index in [0.29, 0.717) is 11.8 Å². The fraction of sp³-hybridized carbons (Fsp3) is 0.538. The molecule has 2 rings (SSSR count). The number of hydrogen-bond donors (Lipinski definition) is 2. The third kappa shape index (κ3) is 3.33. The van der Waals surface area contributed by atoms with Gasteiger partial charge in [-0.15, -0.1) is 0 Å². The molecule has 1 heterocycles. The van der Waals surface area contributed by atoms with E-state index in [-0.39, 0.29) is 5.82 Å². The van der Waals surface area contributed by atoms with Crippen molar-refractivity contribution in [2.75, 3.05) is 25.5 Å². The van der Waals surface area contributed by atoms with Crippen LogP contribution in [0.25, 0.3) is 0 Å². The largest absolute Gasteiger partial charge is 0.495 e. The lowest BCUT2D eigenvalue weighted by molar-refractivity contribution is 0.407. The van der Waals surface area contributed by atoms with Crippen LogP contribution < -0.4 is 15.4 Å². The lowest BCUT2D eigenvalue weighted by Crippen LogP contribution is -2.39. The van der Waals surface area contributed by atoms with Gasteiger partial charge in [0.25, 0.3) is 0 Å². The fourth-order valence-electron chi connectivity index (χ4n) is 2.15. The third-order valence-electron chi connectivity index (χ3n) is 3.11. The molecule has 0 bridgehead atoms. The molecule has 1 aromatic carbocycles. The maximum atomic E-state index is 13.1. The zero-order valence-corrected chi connectivity index (χ0v) is 10.1.